The Labute approximate surface area is 327 Å². The van der Waals surface area contributed by atoms with E-state index in [-0.39, 0.29) is 29.9 Å². The Morgan fingerprint density at radius 2 is 1.68 bits per heavy atom. The molecule has 0 saturated carbocycles. The Kier molecular flexibility index (Phi) is 9.09. The van der Waals surface area contributed by atoms with E-state index in [1.807, 2.05) is 24.3 Å². The lowest BCUT2D eigenvalue weighted by molar-refractivity contribution is -0.136. The van der Waals surface area contributed by atoms with Crippen molar-refractivity contribution in [2.24, 2.45) is 0 Å². The van der Waals surface area contributed by atoms with E-state index < -0.39 is 11.5 Å². The summed E-state index contributed by atoms with van der Waals surface area (Å²) in [6.07, 6.45) is 4.53. The number of aromatic nitrogens is 1. The van der Waals surface area contributed by atoms with Gasteiger partial charge in [-0.15, -0.1) is 0 Å². The highest BCUT2D eigenvalue weighted by molar-refractivity contribution is 6.20. The van der Waals surface area contributed by atoms with Crippen LogP contribution in [0.5, 0.6) is 0 Å². The minimum atomic E-state index is -0.597. The summed E-state index contributed by atoms with van der Waals surface area (Å²) in [5, 5.41) is 12.8. The maximum absolute atomic E-state index is 14.1. The van der Waals surface area contributed by atoms with Crippen LogP contribution in [0.4, 0.5) is 5.69 Å². The van der Waals surface area contributed by atoms with Gasteiger partial charge in [0, 0.05) is 104 Å². The molecular weight excluding hydrogens is 703 g/mol. The summed E-state index contributed by atoms with van der Waals surface area (Å²) in [5.74, 6) is -0.705. The first-order valence-electron chi connectivity index (χ1n) is 20.3. The number of nitrogens with one attached hydrogen (secondary N) is 2. The van der Waals surface area contributed by atoms with Crippen LogP contribution >= 0.6 is 0 Å². The Bertz CT molecular complexity index is 2340. The molecule has 1 atom stereocenters. The fraction of sp³-hybridized carbons (Fsp3) is 0.444. The molecular formula is C45H49N7O4. The highest BCUT2D eigenvalue weighted by Gasteiger charge is 2.42. The predicted molar refractivity (Wildman–Crippen MR) is 214 cm³/mol. The quantitative estimate of drug-likeness (QED) is 0.251. The molecule has 56 heavy (non-hydrogen) atoms. The number of carbonyl (C=O) groups excluding carboxylic acids is 4. The summed E-state index contributed by atoms with van der Waals surface area (Å²) in [6, 6.07) is 18.1. The number of piperidine rings is 2. The lowest BCUT2D eigenvalue weighted by atomic mass is 9.70. The molecule has 4 aliphatic heterocycles. The van der Waals surface area contributed by atoms with Crippen LogP contribution in [0.15, 0.2) is 48.5 Å². The summed E-state index contributed by atoms with van der Waals surface area (Å²) >= 11 is 0. The van der Waals surface area contributed by atoms with E-state index in [1.54, 1.807) is 11.0 Å². The molecule has 3 saturated heterocycles. The number of nitriles is 1. The molecule has 11 heteroatoms. The monoisotopic (exact) mass is 751 g/mol. The van der Waals surface area contributed by atoms with Gasteiger partial charge in [-0.1, -0.05) is 39.0 Å². The van der Waals surface area contributed by atoms with E-state index in [1.165, 1.54) is 11.3 Å². The molecule has 5 heterocycles. The number of aromatic amines is 1. The van der Waals surface area contributed by atoms with Gasteiger partial charge in [0.25, 0.3) is 5.91 Å². The van der Waals surface area contributed by atoms with Crippen molar-refractivity contribution in [3.05, 3.63) is 98.7 Å². The van der Waals surface area contributed by atoms with Crippen LogP contribution in [0.2, 0.25) is 0 Å². The van der Waals surface area contributed by atoms with Gasteiger partial charge in [-0.2, -0.15) is 5.26 Å². The number of fused-ring (bicyclic) bond motifs is 5. The van der Waals surface area contributed by atoms with E-state index >= 15 is 0 Å². The summed E-state index contributed by atoms with van der Waals surface area (Å²) in [7, 11) is 0. The van der Waals surface area contributed by atoms with Crippen LogP contribution in [0, 0.1) is 11.3 Å². The summed E-state index contributed by atoms with van der Waals surface area (Å²) in [4.78, 5) is 64.6. The number of amides is 3. The number of H-pyrrole nitrogens is 1. The summed E-state index contributed by atoms with van der Waals surface area (Å²) in [5.41, 5.74) is 9.84. The van der Waals surface area contributed by atoms with Gasteiger partial charge in [-0.05, 0) is 84.7 Å². The molecule has 4 aromatic rings. The Hall–Kier alpha value is -5.31. The number of carbonyl (C=O) groups is 4. The lowest BCUT2D eigenvalue weighted by Gasteiger charge is -2.44. The molecule has 3 amide bonds. The fourth-order valence-electron chi connectivity index (χ4n) is 10.1. The third-order valence-electron chi connectivity index (χ3n) is 13.4. The topological polar surface area (TPSA) is 133 Å². The molecule has 9 rings (SSSR count). The van der Waals surface area contributed by atoms with E-state index in [4.69, 9.17) is 0 Å². The molecule has 288 valence electrons. The Morgan fingerprint density at radius 3 is 2.41 bits per heavy atom. The molecule has 3 fully saturated rings. The number of nitrogens with zero attached hydrogens (tertiary/aromatic N) is 5. The van der Waals surface area contributed by atoms with E-state index in [0.29, 0.717) is 30.1 Å². The minimum Gasteiger partial charge on any atom is -0.371 e. The SMILES string of the molecule is CCc1cc2c(cc1N1CCC(N3CCN(CCc4cccc5c4CN(C4CCC(=O)NC4=O)C5=O)CC3)CC1)C(C)(C)c1[nH]c3cc(C#N)ccc3c1C2=O. The molecule has 2 N–H and O–H groups in total. The average molecular weight is 752 g/mol. The molecule has 1 aliphatic carbocycles. The largest absolute Gasteiger partial charge is 0.371 e. The molecule has 5 aliphatic rings. The fourth-order valence-corrected chi connectivity index (χ4v) is 10.1. The second kappa shape index (κ2) is 14.0. The average Bonchev–Trinajstić information content (AvgIpc) is 3.77. The normalized spacial score (nSPS) is 21.6. The lowest BCUT2D eigenvalue weighted by Crippen LogP contribution is -2.53. The second-order valence-electron chi connectivity index (χ2n) is 16.8. The number of benzene rings is 3. The standard InChI is InChI=1S/C45H49N7O4/c1-4-28-23-33-35(45(2,3)42-40(41(33)54)32-9-8-27(25-46)22-36(32)47-42)24-38(28)51-16-13-30(14-17-51)50-20-18-49(19-21-50)15-12-29-6-5-7-31-34(29)26-52(44(31)56)37-10-11-39(53)48-43(37)55/h5-9,22-24,30,37,47H,4,10-21,26H2,1-3H3,(H,48,53,55). The molecule has 11 nitrogen and oxygen atoms in total. The number of imide groups is 1. The van der Waals surface area contributed by atoms with Gasteiger partial charge in [0.2, 0.25) is 11.8 Å². The Balaban J connectivity index is 0.821. The highest BCUT2D eigenvalue weighted by Crippen LogP contribution is 2.46. The molecule has 0 bridgehead atoms. The number of anilines is 1. The van der Waals surface area contributed by atoms with Crippen molar-refractivity contribution in [2.45, 2.75) is 83.3 Å². The number of rotatable bonds is 7. The predicted octanol–water partition coefficient (Wildman–Crippen LogP) is 5.06. The van der Waals surface area contributed by atoms with Crippen LogP contribution < -0.4 is 10.2 Å². The van der Waals surface area contributed by atoms with Crippen LogP contribution in [0.1, 0.15) is 106 Å². The van der Waals surface area contributed by atoms with Crippen LogP contribution in [0.25, 0.3) is 10.9 Å². The zero-order valence-corrected chi connectivity index (χ0v) is 32.5. The van der Waals surface area contributed by atoms with Crippen molar-refractivity contribution in [3.8, 4) is 6.07 Å². The van der Waals surface area contributed by atoms with Crippen LogP contribution in [-0.4, -0.2) is 101 Å². The maximum atomic E-state index is 14.1. The molecule has 1 unspecified atom stereocenters. The van der Waals surface area contributed by atoms with Crippen molar-refractivity contribution in [3.63, 3.8) is 0 Å². The number of piperazine rings is 1. The van der Waals surface area contributed by atoms with Gasteiger partial charge >= 0.3 is 0 Å². The van der Waals surface area contributed by atoms with Crippen LogP contribution in [0.3, 0.4) is 0 Å². The van der Waals surface area contributed by atoms with Gasteiger partial charge in [0.1, 0.15) is 6.04 Å². The van der Waals surface area contributed by atoms with Crippen molar-refractivity contribution in [2.75, 3.05) is 50.7 Å². The van der Waals surface area contributed by atoms with Gasteiger partial charge in [0.15, 0.2) is 5.78 Å². The first-order chi connectivity index (χ1) is 27.0. The Morgan fingerprint density at radius 1 is 0.893 bits per heavy atom. The third-order valence-corrected chi connectivity index (χ3v) is 13.4. The zero-order valence-electron chi connectivity index (χ0n) is 32.5. The first-order valence-corrected chi connectivity index (χ1v) is 20.3. The molecule has 1 aromatic heterocycles. The maximum Gasteiger partial charge on any atom is 0.255 e. The van der Waals surface area contributed by atoms with Crippen molar-refractivity contribution < 1.29 is 19.2 Å². The van der Waals surface area contributed by atoms with E-state index in [2.05, 4.69) is 70.0 Å². The van der Waals surface area contributed by atoms with Crippen molar-refractivity contribution in [1.29, 1.82) is 5.26 Å². The van der Waals surface area contributed by atoms with E-state index in [9.17, 15) is 24.4 Å². The van der Waals surface area contributed by atoms with Gasteiger partial charge in [0.05, 0.1) is 17.2 Å². The van der Waals surface area contributed by atoms with Crippen LogP contribution in [-0.2, 0) is 34.4 Å². The minimum absolute atomic E-state index is 0.0589. The van der Waals surface area contributed by atoms with Gasteiger partial charge in [-0.3, -0.25) is 29.4 Å². The zero-order chi connectivity index (χ0) is 38.9. The summed E-state index contributed by atoms with van der Waals surface area (Å²) in [6.45, 7) is 14.0. The number of ketones is 1. The number of hydrogen-bond donors (Lipinski definition) is 2. The molecule has 3 aromatic carbocycles. The van der Waals surface area contributed by atoms with Gasteiger partial charge < -0.3 is 19.7 Å². The number of hydrogen-bond acceptors (Lipinski definition) is 8. The molecule has 0 radical (unpaired) electrons. The van der Waals surface area contributed by atoms with Gasteiger partial charge in [-0.25, -0.2) is 0 Å². The summed E-state index contributed by atoms with van der Waals surface area (Å²) < 4.78 is 0. The van der Waals surface area contributed by atoms with Crippen molar-refractivity contribution >= 4 is 40.1 Å². The highest BCUT2D eigenvalue weighted by atomic mass is 16.2. The van der Waals surface area contributed by atoms with Crippen molar-refractivity contribution in [1.82, 2.24) is 25.0 Å². The first kappa shape index (κ1) is 36.3. The number of aryl methyl sites for hydroxylation is 1. The second-order valence-corrected chi connectivity index (χ2v) is 16.8. The molecule has 0 spiro atoms. The smallest absolute Gasteiger partial charge is 0.255 e. The van der Waals surface area contributed by atoms with E-state index in [0.717, 1.165) is 116 Å². The third kappa shape index (κ3) is 6.01.